The lowest BCUT2D eigenvalue weighted by molar-refractivity contribution is -0.274. The number of ether oxygens (including phenoxy) is 2. The number of rotatable bonds is 4. The maximum Gasteiger partial charge on any atom is 0.573 e. The SMILES string of the molecule is C=C(C(=O)OC)C(O)c1ccc(OC(F)(F)F)c(Cl)c1. The third kappa shape index (κ3) is 4.14. The quantitative estimate of drug-likeness (QED) is 0.686. The Balaban J connectivity index is 2.97. The summed E-state index contributed by atoms with van der Waals surface area (Å²) in [5, 5.41) is 9.45. The second-order valence-electron chi connectivity index (χ2n) is 3.66. The van der Waals surface area contributed by atoms with Gasteiger partial charge in [0, 0.05) is 0 Å². The first kappa shape index (κ1) is 16.3. The molecule has 4 nitrogen and oxygen atoms in total. The van der Waals surface area contributed by atoms with E-state index in [4.69, 9.17) is 11.6 Å². The number of methoxy groups -OCH3 is 1. The highest BCUT2D eigenvalue weighted by atomic mass is 35.5. The van der Waals surface area contributed by atoms with Crippen molar-refractivity contribution in [3.8, 4) is 5.75 Å². The van der Waals surface area contributed by atoms with Gasteiger partial charge in [0.25, 0.3) is 0 Å². The number of esters is 1. The zero-order valence-corrected chi connectivity index (χ0v) is 11.0. The van der Waals surface area contributed by atoms with Crippen molar-refractivity contribution in [1.29, 1.82) is 0 Å². The topological polar surface area (TPSA) is 55.8 Å². The molecule has 0 bridgehead atoms. The van der Waals surface area contributed by atoms with Gasteiger partial charge in [-0.05, 0) is 17.7 Å². The van der Waals surface area contributed by atoms with Crippen molar-refractivity contribution >= 4 is 17.6 Å². The summed E-state index contributed by atoms with van der Waals surface area (Å²) in [6.45, 7) is 3.33. The van der Waals surface area contributed by atoms with Gasteiger partial charge in [-0.3, -0.25) is 0 Å². The molecule has 1 aromatic rings. The number of alkyl halides is 3. The van der Waals surface area contributed by atoms with Crippen LogP contribution in [0.5, 0.6) is 5.75 Å². The molecule has 0 heterocycles. The number of hydrogen-bond acceptors (Lipinski definition) is 4. The van der Waals surface area contributed by atoms with Crippen LogP contribution in [0.1, 0.15) is 11.7 Å². The Bertz CT molecular complexity index is 528. The first-order chi connectivity index (χ1) is 9.15. The van der Waals surface area contributed by atoms with Crippen LogP contribution in [0, 0.1) is 0 Å². The predicted octanol–water partition coefficient (Wildman–Crippen LogP) is 3.00. The molecule has 0 saturated heterocycles. The molecule has 1 aromatic carbocycles. The number of aliphatic hydroxyl groups is 1. The van der Waals surface area contributed by atoms with Crippen LogP contribution >= 0.6 is 11.6 Å². The maximum atomic E-state index is 12.1. The van der Waals surface area contributed by atoms with Crippen molar-refractivity contribution in [2.75, 3.05) is 7.11 Å². The number of aliphatic hydroxyl groups excluding tert-OH is 1. The van der Waals surface area contributed by atoms with E-state index in [1.807, 2.05) is 0 Å². The Morgan fingerprint density at radius 2 is 2.05 bits per heavy atom. The molecule has 0 aromatic heterocycles. The molecule has 1 atom stereocenters. The van der Waals surface area contributed by atoms with E-state index >= 15 is 0 Å². The molecule has 0 radical (unpaired) electrons. The molecule has 0 amide bonds. The summed E-state index contributed by atoms with van der Waals surface area (Å²) in [7, 11) is 1.10. The molecular formula is C12H10ClF3O4. The third-order valence-electron chi connectivity index (χ3n) is 2.28. The highest BCUT2D eigenvalue weighted by molar-refractivity contribution is 6.32. The molecule has 0 spiro atoms. The minimum Gasteiger partial charge on any atom is -0.466 e. The zero-order chi connectivity index (χ0) is 15.5. The van der Waals surface area contributed by atoms with E-state index in [1.165, 1.54) is 0 Å². The van der Waals surface area contributed by atoms with Gasteiger partial charge in [0.15, 0.2) is 0 Å². The van der Waals surface area contributed by atoms with Gasteiger partial charge in [-0.1, -0.05) is 24.2 Å². The van der Waals surface area contributed by atoms with Crippen LogP contribution in [-0.2, 0) is 9.53 Å². The highest BCUT2D eigenvalue weighted by Crippen LogP contribution is 2.33. The van der Waals surface area contributed by atoms with E-state index < -0.39 is 24.2 Å². The molecule has 0 aliphatic heterocycles. The number of benzene rings is 1. The first-order valence-electron chi connectivity index (χ1n) is 5.16. The second kappa shape index (κ2) is 6.15. The van der Waals surface area contributed by atoms with Crippen LogP contribution in [0.25, 0.3) is 0 Å². The van der Waals surface area contributed by atoms with Gasteiger partial charge >= 0.3 is 12.3 Å². The summed E-state index contributed by atoms with van der Waals surface area (Å²) >= 11 is 5.62. The molecular weight excluding hydrogens is 301 g/mol. The molecule has 0 fully saturated rings. The van der Waals surface area contributed by atoms with E-state index in [0.29, 0.717) is 0 Å². The molecule has 8 heteroatoms. The molecule has 0 aliphatic rings. The molecule has 1 unspecified atom stereocenters. The lowest BCUT2D eigenvalue weighted by Gasteiger charge is -2.15. The van der Waals surface area contributed by atoms with Gasteiger partial charge in [0.1, 0.15) is 11.9 Å². The van der Waals surface area contributed by atoms with Crippen molar-refractivity contribution in [2.24, 2.45) is 0 Å². The molecule has 1 N–H and O–H groups in total. The van der Waals surface area contributed by atoms with Crippen LogP contribution in [0.4, 0.5) is 13.2 Å². The van der Waals surface area contributed by atoms with Crippen molar-refractivity contribution in [1.82, 2.24) is 0 Å². The van der Waals surface area contributed by atoms with E-state index in [1.54, 1.807) is 0 Å². The zero-order valence-electron chi connectivity index (χ0n) is 10.2. The second-order valence-corrected chi connectivity index (χ2v) is 4.06. The van der Waals surface area contributed by atoms with Gasteiger partial charge in [0.2, 0.25) is 0 Å². The van der Waals surface area contributed by atoms with Crippen LogP contribution in [0.15, 0.2) is 30.4 Å². The third-order valence-corrected chi connectivity index (χ3v) is 2.57. The van der Waals surface area contributed by atoms with Gasteiger partial charge in [0.05, 0.1) is 17.7 Å². The van der Waals surface area contributed by atoms with E-state index in [0.717, 1.165) is 25.3 Å². The summed E-state index contributed by atoms with van der Waals surface area (Å²) < 4.78 is 44.2. The fourth-order valence-corrected chi connectivity index (χ4v) is 1.57. The van der Waals surface area contributed by atoms with E-state index in [-0.39, 0.29) is 16.2 Å². The van der Waals surface area contributed by atoms with Crippen molar-refractivity contribution in [3.05, 3.63) is 40.9 Å². The maximum absolute atomic E-state index is 12.1. The smallest absolute Gasteiger partial charge is 0.466 e. The van der Waals surface area contributed by atoms with E-state index in [9.17, 15) is 23.1 Å². The number of hydrogen-bond donors (Lipinski definition) is 1. The Labute approximate surface area is 117 Å². The molecule has 0 aliphatic carbocycles. The average Bonchev–Trinajstić information content (AvgIpc) is 2.37. The van der Waals surface area contributed by atoms with Crippen LogP contribution in [0.3, 0.4) is 0 Å². The fraction of sp³-hybridized carbons (Fsp3) is 0.250. The minimum atomic E-state index is -4.88. The summed E-state index contributed by atoms with van der Waals surface area (Å²) in [6.07, 6.45) is -6.32. The fourth-order valence-electron chi connectivity index (χ4n) is 1.34. The number of carbonyl (C=O) groups excluding carboxylic acids is 1. The Morgan fingerprint density at radius 3 is 2.50 bits per heavy atom. The summed E-state index contributed by atoms with van der Waals surface area (Å²) in [5.74, 6) is -1.46. The molecule has 20 heavy (non-hydrogen) atoms. The van der Waals surface area contributed by atoms with Gasteiger partial charge < -0.3 is 14.6 Å². The largest absolute Gasteiger partial charge is 0.573 e. The lowest BCUT2D eigenvalue weighted by Crippen LogP contribution is -2.17. The lowest BCUT2D eigenvalue weighted by atomic mass is 10.0. The Hall–Kier alpha value is -1.73. The van der Waals surface area contributed by atoms with Gasteiger partial charge in [-0.2, -0.15) is 0 Å². The Morgan fingerprint density at radius 1 is 1.45 bits per heavy atom. The molecule has 1 rings (SSSR count). The monoisotopic (exact) mass is 310 g/mol. The molecule has 110 valence electrons. The van der Waals surface area contributed by atoms with Crippen molar-refractivity contribution in [2.45, 2.75) is 12.5 Å². The van der Waals surface area contributed by atoms with Crippen LogP contribution in [-0.4, -0.2) is 24.5 Å². The van der Waals surface area contributed by atoms with Crippen molar-refractivity contribution in [3.63, 3.8) is 0 Å². The van der Waals surface area contributed by atoms with Gasteiger partial charge in [-0.15, -0.1) is 13.2 Å². The Kier molecular flexibility index (Phi) is 5.02. The number of halogens is 4. The normalized spacial score (nSPS) is 12.7. The summed E-state index contributed by atoms with van der Waals surface area (Å²) in [5.41, 5.74) is -0.187. The predicted molar refractivity (Wildman–Crippen MR) is 64.3 cm³/mol. The first-order valence-corrected chi connectivity index (χ1v) is 5.54. The summed E-state index contributed by atoms with van der Waals surface area (Å²) in [4.78, 5) is 11.2. The standard InChI is InChI=1S/C12H10ClF3O4/c1-6(11(18)19-2)10(17)7-3-4-9(8(13)5-7)20-12(14,15)16/h3-5,10,17H,1H2,2H3. The summed E-state index contributed by atoms with van der Waals surface area (Å²) in [6, 6.07) is 3.10. The minimum absolute atomic E-state index is 0.0833. The van der Waals surface area contributed by atoms with Crippen LogP contribution < -0.4 is 4.74 Å². The van der Waals surface area contributed by atoms with Crippen LogP contribution in [0.2, 0.25) is 5.02 Å². The van der Waals surface area contributed by atoms with Gasteiger partial charge in [-0.25, -0.2) is 4.79 Å². The van der Waals surface area contributed by atoms with Crippen molar-refractivity contribution < 1.29 is 32.5 Å². The highest BCUT2D eigenvalue weighted by Gasteiger charge is 2.32. The average molecular weight is 311 g/mol. The number of carbonyl (C=O) groups is 1. The molecule has 0 saturated carbocycles. The van der Waals surface area contributed by atoms with E-state index in [2.05, 4.69) is 16.1 Å².